The first-order valence-electron chi connectivity index (χ1n) is 6.60. The number of hydrogen-bond acceptors (Lipinski definition) is 6. The average molecular weight is 317 g/mol. The van der Waals surface area contributed by atoms with Crippen molar-refractivity contribution in [3.8, 4) is 0 Å². The zero-order valence-corrected chi connectivity index (χ0v) is 13.3. The van der Waals surface area contributed by atoms with Gasteiger partial charge in [0, 0.05) is 11.5 Å². The van der Waals surface area contributed by atoms with E-state index in [1.807, 2.05) is 0 Å². The van der Waals surface area contributed by atoms with Gasteiger partial charge in [-0.15, -0.1) is 0 Å². The van der Waals surface area contributed by atoms with Gasteiger partial charge in [0.2, 0.25) is 0 Å². The molecule has 118 valence electrons. The molecule has 0 aromatic carbocycles. The summed E-state index contributed by atoms with van der Waals surface area (Å²) in [4.78, 5) is 25.3. The van der Waals surface area contributed by atoms with Crippen LogP contribution in [0, 0.1) is 5.92 Å². The molecule has 1 aliphatic carbocycles. The maximum absolute atomic E-state index is 12.2. The molecule has 0 aromatic rings. The summed E-state index contributed by atoms with van der Waals surface area (Å²) in [5.41, 5.74) is -0.248. The van der Waals surface area contributed by atoms with Crippen LogP contribution in [-0.4, -0.2) is 49.8 Å². The number of imide groups is 1. The predicted octanol–water partition coefficient (Wildman–Crippen LogP) is 1.05. The van der Waals surface area contributed by atoms with Crippen LogP contribution in [0.2, 0.25) is 0 Å². The van der Waals surface area contributed by atoms with Crippen LogP contribution in [0.15, 0.2) is 11.6 Å². The van der Waals surface area contributed by atoms with E-state index in [1.54, 1.807) is 20.8 Å². The molecule has 21 heavy (non-hydrogen) atoms. The highest BCUT2D eigenvalue weighted by atomic mass is 32.2. The summed E-state index contributed by atoms with van der Waals surface area (Å²) >= 11 is 0. The molecule has 7 nitrogen and oxygen atoms in total. The Morgan fingerprint density at radius 3 is 2.57 bits per heavy atom. The molecule has 0 radical (unpaired) electrons. The Hall–Kier alpha value is -1.41. The molecule has 2 amide bonds. The number of rotatable bonds is 3. The molecule has 0 spiro atoms. The average Bonchev–Trinajstić information content (AvgIpc) is 2.95. The minimum Gasteiger partial charge on any atom is -0.443 e. The van der Waals surface area contributed by atoms with Gasteiger partial charge < -0.3 is 4.74 Å². The molecule has 0 bridgehead atoms. The fourth-order valence-electron chi connectivity index (χ4n) is 2.26. The van der Waals surface area contributed by atoms with E-state index in [9.17, 15) is 18.0 Å². The summed E-state index contributed by atoms with van der Waals surface area (Å²) in [7, 11) is -3.55. The highest BCUT2D eigenvalue weighted by molar-refractivity contribution is 7.85. The summed E-state index contributed by atoms with van der Waals surface area (Å²) < 4.78 is 31.6. The van der Waals surface area contributed by atoms with Gasteiger partial charge in [0.15, 0.2) is 0 Å². The lowest BCUT2D eigenvalue weighted by Crippen LogP contribution is -2.40. The maximum Gasteiger partial charge on any atom is 0.417 e. The molecule has 2 aliphatic rings. The third-order valence-corrected chi connectivity index (χ3v) is 3.69. The summed E-state index contributed by atoms with van der Waals surface area (Å²) in [5.74, 6) is -0.462. The van der Waals surface area contributed by atoms with Crippen molar-refractivity contribution in [1.29, 1.82) is 0 Å². The third kappa shape index (κ3) is 3.82. The minimum absolute atomic E-state index is 0.0341. The van der Waals surface area contributed by atoms with Crippen molar-refractivity contribution in [2.45, 2.75) is 38.8 Å². The van der Waals surface area contributed by atoms with Crippen LogP contribution in [0.4, 0.5) is 4.79 Å². The van der Waals surface area contributed by atoms with Gasteiger partial charge in [-0.2, -0.15) is 8.42 Å². The van der Waals surface area contributed by atoms with Crippen LogP contribution in [0.5, 0.6) is 0 Å². The summed E-state index contributed by atoms with van der Waals surface area (Å²) in [5, 5.41) is 0. The van der Waals surface area contributed by atoms with Crippen LogP contribution in [0.25, 0.3) is 0 Å². The van der Waals surface area contributed by atoms with Crippen LogP contribution in [0.1, 0.15) is 27.2 Å². The molecule has 1 aliphatic heterocycles. The predicted molar refractivity (Wildman–Crippen MR) is 73.9 cm³/mol. The van der Waals surface area contributed by atoms with E-state index < -0.39 is 27.7 Å². The van der Waals surface area contributed by atoms with Crippen molar-refractivity contribution in [2.24, 2.45) is 5.92 Å². The van der Waals surface area contributed by atoms with E-state index in [4.69, 9.17) is 4.74 Å². The van der Waals surface area contributed by atoms with Gasteiger partial charge in [-0.3, -0.25) is 8.98 Å². The number of amides is 2. The van der Waals surface area contributed by atoms with Crippen LogP contribution in [0.3, 0.4) is 0 Å². The Kier molecular flexibility index (Phi) is 3.88. The van der Waals surface area contributed by atoms with Crippen molar-refractivity contribution in [3.63, 3.8) is 0 Å². The Bertz CT molecular complexity index is 601. The quantitative estimate of drug-likeness (QED) is 0.571. The summed E-state index contributed by atoms with van der Waals surface area (Å²) in [6, 6.07) is -0.170. The second-order valence-electron chi connectivity index (χ2n) is 6.21. The fourth-order valence-corrected chi connectivity index (χ4v) is 2.58. The Morgan fingerprint density at radius 1 is 1.43 bits per heavy atom. The Labute approximate surface area is 124 Å². The van der Waals surface area contributed by atoms with Gasteiger partial charge >= 0.3 is 6.09 Å². The van der Waals surface area contributed by atoms with Crippen molar-refractivity contribution in [1.82, 2.24) is 4.90 Å². The second-order valence-corrected chi connectivity index (χ2v) is 7.86. The van der Waals surface area contributed by atoms with Crippen LogP contribution < -0.4 is 0 Å². The highest BCUT2D eigenvalue weighted by Gasteiger charge is 2.58. The molecule has 8 heteroatoms. The first-order chi connectivity index (χ1) is 9.49. The summed E-state index contributed by atoms with van der Waals surface area (Å²) in [6.45, 7) is 4.98. The zero-order chi connectivity index (χ0) is 16.0. The lowest BCUT2D eigenvalue weighted by molar-refractivity contribution is -0.125. The van der Waals surface area contributed by atoms with E-state index in [0.29, 0.717) is 12.0 Å². The second kappa shape index (κ2) is 5.10. The molecule has 1 saturated heterocycles. The standard InChI is InChI=1S/C13H19NO6S/c1-13(2,3)20-12(16)14-10-7-9(10)8(11(14)15)5-6-19-21(4,17)18/h5,9-10H,6-7H2,1-4H3/b8-5-. The highest BCUT2D eigenvalue weighted by Crippen LogP contribution is 2.49. The molecule has 0 aromatic heterocycles. The summed E-state index contributed by atoms with van der Waals surface area (Å²) in [6.07, 6.45) is 2.40. The van der Waals surface area contributed by atoms with E-state index in [-0.39, 0.29) is 18.6 Å². The van der Waals surface area contributed by atoms with E-state index >= 15 is 0 Å². The van der Waals surface area contributed by atoms with Crippen molar-refractivity contribution in [2.75, 3.05) is 12.9 Å². The maximum atomic E-state index is 12.2. The third-order valence-electron chi connectivity index (χ3n) is 3.13. The van der Waals surface area contributed by atoms with Gasteiger partial charge in [-0.25, -0.2) is 9.69 Å². The smallest absolute Gasteiger partial charge is 0.417 e. The van der Waals surface area contributed by atoms with E-state index in [2.05, 4.69) is 4.18 Å². The molecule has 2 atom stereocenters. The molecule has 2 fully saturated rings. The van der Waals surface area contributed by atoms with Gasteiger partial charge in [0.05, 0.1) is 18.9 Å². The van der Waals surface area contributed by atoms with Crippen LogP contribution in [-0.2, 0) is 23.8 Å². The lowest BCUT2D eigenvalue weighted by atomic mass is 10.2. The Balaban J connectivity index is 2.05. The number of hydrogen-bond donors (Lipinski definition) is 0. The number of carbonyl (C=O) groups excluding carboxylic acids is 2. The molecular formula is C13H19NO6S. The molecule has 1 saturated carbocycles. The van der Waals surface area contributed by atoms with Gasteiger partial charge in [-0.1, -0.05) is 0 Å². The van der Waals surface area contributed by atoms with Gasteiger partial charge in [0.25, 0.3) is 16.0 Å². The molecule has 2 unspecified atom stereocenters. The van der Waals surface area contributed by atoms with E-state index in [0.717, 1.165) is 11.2 Å². The first-order valence-corrected chi connectivity index (χ1v) is 8.42. The normalized spacial score (nSPS) is 27.0. The first kappa shape index (κ1) is 16.0. The number of piperidine rings is 1. The molecule has 0 N–H and O–H groups in total. The number of likely N-dealkylation sites (tertiary alicyclic amines) is 1. The number of nitrogens with zero attached hydrogens (tertiary/aromatic N) is 1. The monoisotopic (exact) mass is 317 g/mol. The topological polar surface area (TPSA) is 90.0 Å². The van der Waals surface area contributed by atoms with E-state index in [1.165, 1.54) is 6.08 Å². The molecular weight excluding hydrogens is 298 g/mol. The zero-order valence-electron chi connectivity index (χ0n) is 12.5. The van der Waals surface area contributed by atoms with Gasteiger partial charge in [0.1, 0.15) is 5.60 Å². The SMILES string of the molecule is CC(C)(C)OC(=O)N1C(=O)/C(=C\COS(C)(=O)=O)C2CC21. The number of fused-ring (bicyclic) bond motifs is 1. The largest absolute Gasteiger partial charge is 0.443 e. The molecule has 1 heterocycles. The lowest BCUT2D eigenvalue weighted by Gasteiger charge is -2.24. The number of carbonyl (C=O) groups is 2. The number of ether oxygens (including phenoxy) is 1. The minimum atomic E-state index is -3.55. The van der Waals surface area contributed by atoms with Crippen molar-refractivity contribution in [3.05, 3.63) is 11.6 Å². The Morgan fingerprint density at radius 2 is 2.05 bits per heavy atom. The van der Waals surface area contributed by atoms with Gasteiger partial charge in [-0.05, 0) is 33.3 Å². The van der Waals surface area contributed by atoms with Crippen molar-refractivity contribution >= 4 is 22.1 Å². The molecule has 2 rings (SSSR count). The van der Waals surface area contributed by atoms with Crippen LogP contribution >= 0.6 is 0 Å². The fraction of sp³-hybridized carbons (Fsp3) is 0.692. The van der Waals surface area contributed by atoms with Crippen molar-refractivity contribution < 1.29 is 26.9 Å².